The van der Waals surface area contributed by atoms with Crippen molar-refractivity contribution in [3.8, 4) is 11.1 Å². The molecule has 148 valence electrons. The number of benzene rings is 2. The molecule has 0 radical (unpaired) electrons. The Morgan fingerprint density at radius 2 is 1.75 bits per heavy atom. The minimum Gasteiger partial charge on any atom is -0.465 e. The first-order valence-electron chi connectivity index (χ1n) is 9.98. The monoisotopic (exact) mass is 381 g/mol. The van der Waals surface area contributed by atoms with Crippen molar-refractivity contribution in [1.29, 1.82) is 0 Å². The van der Waals surface area contributed by atoms with Crippen molar-refractivity contribution in [3.63, 3.8) is 0 Å². The number of para-hydroxylation sites is 1. The highest BCUT2D eigenvalue weighted by Gasteiger charge is 2.24. The molecule has 0 fully saturated rings. The van der Waals surface area contributed by atoms with Gasteiger partial charge in [-0.25, -0.2) is 4.39 Å². The van der Waals surface area contributed by atoms with E-state index in [1.54, 1.807) is 0 Å². The van der Waals surface area contributed by atoms with Crippen LogP contribution in [0.4, 0.5) is 4.39 Å². The van der Waals surface area contributed by atoms with Crippen LogP contribution in [0, 0.1) is 11.7 Å². The number of aromatic nitrogens is 1. The van der Waals surface area contributed by atoms with E-state index in [0.717, 1.165) is 34.1 Å². The molecule has 4 heteroatoms. The van der Waals surface area contributed by atoms with E-state index in [4.69, 9.17) is 4.74 Å². The predicted molar refractivity (Wildman–Crippen MR) is 112 cm³/mol. The molecule has 1 unspecified atom stereocenters. The summed E-state index contributed by atoms with van der Waals surface area (Å²) in [6.45, 7) is 8.63. The number of rotatable bonds is 7. The maximum Gasteiger partial charge on any atom is 0.309 e. The third-order valence-corrected chi connectivity index (χ3v) is 5.01. The molecule has 0 aliphatic heterocycles. The zero-order chi connectivity index (χ0) is 20.3. The predicted octanol–water partition coefficient (Wildman–Crippen LogP) is 6.16. The maximum absolute atomic E-state index is 13.5. The summed E-state index contributed by atoms with van der Waals surface area (Å²) in [5.41, 5.74) is 4.24. The van der Waals surface area contributed by atoms with Gasteiger partial charge in [0.1, 0.15) is 5.82 Å². The number of fused-ring (bicyclic) bond motifs is 1. The Morgan fingerprint density at radius 1 is 1.07 bits per heavy atom. The van der Waals surface area contributed by atoms with Gasteiger partial charge in [0, 0.05) is 34.6 Å². The molecular weight excluding hydrogens is 353 g/mol. The van der Waals surface area contributed by atoms with Gasteiger partial charge in [0.25, 0.3) is 0 Å². The van der Waals surface area contributed by atoms with Crippen LogP contribution in [0.1, 0.15) is 45.9 Å². The van der Waals surface area contributed by atoms with Crippen molar-refractivity contribution in [1.82, 2.24) is 4.57 Å². The Labute approximate surface area is 166 Å². The summed E-state index contributed by atoms with van der Waals surface area (Å²) in [6.07, 6.45) is 1.38. The summed E-state index contributed by atoms with van der Waals surface area (Å²) in [7, 11) is 0. The number of carbonyl (C=O) groups excluding carboxylic acids is 1. The van der Waals surface area contributed by atoms with Gasteiger partial charge in [0.15, 0.2) is 0 Å². The van der Waals surface area contributed by atoms with E-state index >= 15 is 0 Å². The first kappa shape index (κ1) is 20.1. The van der Waals surface area contributed by atoms with Crippen molar-refractivity contribution in [3.05, 3.63) is 60.0 Å². The highest BCUT2D eigenvalue weighted by Crippen LogP contribution is 2.38. The number of esters is 1. The minimum atomic E-state index is -0.257. The lowest BCUT2D eigenvalue weighted by Crippen LogP contribution is -2.20. The van der Waals surface area contributed by atoms with Crippen LogP contribution in [0.15, 0.2) is 48.5 Å². The molecule has 0 aliphatic carbocycles. The molecule has 0 bridgehead atoms. The van der Waals surface area contributed by atoms with E-state index in [0.29, 0.717) is 13.0 Å². The van der Waals surface area contributed by atoms with Crippen molar-refractivity contribution < 1.29 is 13.9 Å². The van der Waals surface area contributed by atoms with Crippen LogP contribution in [0.5, 0.6) is 0 Å². The molecule has 3 rings (SSSR count). The van der Waals surface area contributed by atoms with Crippen molar-refractivity contribution in [2.45, 2.75) is 46.6 Å². The van der Waals surface area contributed by atoms with Crippen LogP contribution in [-0.4, -0.2) is 17.1 Å². The Bertz CT molecular complexity index is 957. The number of carbonyl (C=O) groups is 1. The summed E-state index contributed by atoms with van der Waals surface area (Å²) in [5.74, 6) is -0.686. The molecule has 0 spiro atoms. The molecule has 0 saturated carbocycles. The number of ether oxygens (including phenoxy) is 1. The lowest BCUT2D eigenvalue weighted by Gasteiger charge is -2.19. The summed E-state index contributed by atoms with van der Waals surface area (Å²) < 4.78 is 21.2. The van der Waals surface area contributed by atoms with Crippen LogP contribution >= 0.6 is 0 Å². The van der Waals surface area contributed by atoms with E-state index in [1.165, 1.54) is 12.1 Å². The van der Waals surface area contributed by atoms with Crippen molar-refractivity contribution in [2.75, 3.05) is 6.61 Å². The minimum absolute atomic E-state index is 0.174. The van der Waals surface area contributed by atoms with Crippen LogP contribution < -0.4 is 0 Å². The summed E-state index contributed by atoms with van der Waals surface area (Å²) in [5, 5.41) is 1.12. The summed E-state index contributed by atoms with van der Waals surface area (Å²) >= 11 is 0. The molecule has 1 aromatic heterocycles. The largest absolute Gasteiger partial charge is 0.465 e. The van der Waals surface area contributed by atoms with Gasteiger partial charge in [-0.1, -0.05) is 44.2 Å². The number of nitrogens with zero attached hydrogens (tertiary/aromatic N) is 1. The lowest BCUT2D eigenvalue weighted by atomic mass is 9.96. The van der Waals surface area contributed by atoms with Gasteiger partial charge in [0.05, 0.1) is 12.5 Å². The van der Waals surface area contributed by atoms with Gasteiger partial charge in [-0.2, -0.15) is 0 Å². The maximum atomic E-state index is 13.5. The topological polar surface area (TPSA) is 31.2 Å². The average molecular weight is 381 g/mol. The fourth-order valence-corrected chi connectivity index (χ4v) is 3.76. The molecule has 0 amide bonds. The zero-order valence-electron chi connectivity index (χ0n) is 17.0. The highest BCUT2D eigenvalue weighted by atomic mass is 19.1. The number of hydrogen-bond acceptors (Lipinski definition) is 2. The Balaban J connectivity index is 2.15. The number of halogens is 1. The second kappa shape index (κ2) is 8.59. The molecule has 0 aliphatic rings. The van der Waals surface area contributed by atoms with Gasteiger partial charge in [-0.15, -0.1) is 0 Å². The van der Waals surface area contributed by atoms with Crippen LogP contribution in [0.2, 0.25) is 0 Å². The second-order valence-electron chi connectivity index (χ2n) is 7.58. The molecule has 0 saturated heterocycles. The lowest BCUT2D eigenvalue weighted by molar-refractivity contribution is -0.147. The molecular formula is C24H28FNO2. The van der Waals surface area contributed by atoms with Gasteiger partial charge in [-0.3, -0.25) is 4.79 Å². The standard InChI is InChI=1S/C24H28FNO2/c1-5-14-28-24(27)17(4)15-22-23(18-10-12-19(25)13-11-18)20-8-6-7-9-21(20)26(22)16(2)3/h6-13,16-17H,5,14-15H2,1-4H3. The Hall–Kier alpha value is -2.62. The average Bonchev–Trinajstić information content (AvgIpc) is 3.00. The zero-order valence-corrected chi connectivity index (χ0v) is 17.0. The molecule has 1 atom stereocenters. The summed E-state index contributed by atoms with van der Waals surface area (Å²) in [4.78, 5) is 12.4. The molecule has 1 heterocycles. The van der Waals surface area contributed by atoms with Gasteiger partial charge < -0.3 is 9.30 Å². The van der Waals surface area contributed by atoms with E-state index in [1.807, 2.05) is 38.1 Å². The van der Waals surface area contributed by atoms with Crippen LogP contribution in [0.3, 0.4) is 0 Å². The van der Waals surface area contributed by atoms with Crippen LogP contribution in [-0.2, 0) is 16.0 Å². The second-order valence-corrected chi connectivity index (χ2v) is 7.58. The Kier molecular flexibility index (Phi) is 6.18. The molecule has 3 aromatic rings. The third kappa shape index (κ3) is 3.96. The van der Waals surface area contributed by atoms with Gasteiger partial charge >= 0.3 is 5.97 Å². The van der Waals surface area contributed by atoms with E-state index in [-0.39, 0.29) is 23.7 Å². The van der Waals surface area contributed by atoms with Crippen molar-refractivity contribution in [2.24, 2.45) is 5.92 Å². The molecule has 2 aromatic carbocycles. The fraction of sp³-hybridized carbons (Fsp3) is 0.375. The van der Waals surface area contributed by atoms with Crippen LogP contribution in [0.25, 0.3) is 22.0 Å². The van der Waals surface area contributed by atoms with E-state index < -0.39 is 0 Å². The molecule has 0 N–H and O–H groups in total. The summed E-state index contributed by atoms with van der Waals surface area (Å²) in [6, 6.07) is 15.1. The molecule has 3 nitrogen and oxygen atoms in total. The fourth-order valence-electron chi connectivity index (χ4n) is 3.76. The Morgan fingerprint density at radius 3 is 2.39 bits per heavy atom. The first-order chi connectivity index (χ1) is 13.4. The third-order valence-electron chi connectivity index (χ3n) is 5.01. The number of hydrogen-bond donors (Lipinski definition) is 0. The normalized spacial score (nSPS) is 12.5. The van der Waals surface area contributed by atoms with E-state index in [9.17, 15) is 9.18 Å². The quantitative estimate of drug-likeness (QED) is 0.459. The van der Waals surface area contributed by atoms with Crippen molar-refractivity contribution >= 4 is 16.9 Å². The first-order valence-corrected chi connectivity index (χ1v) is 9.98. The van der Waals surface area contributed by atoms with Gasteiger partial charge in [-0.05, 0) is 44.0 Å². The highest BCUT2D eigenvalue weighted by molar-refractivity contribution is 5.98. The molecule has 28 heavy (non-hydrogen) atoms. The van der Waals surface area contributed by atoms with E-state index in [2.05, 4.69) is 30.5 Å². The van der Waals surface area contributed by atoms with Gasteiger partial charge in [0.2, 0.25) is 0 Å². The smallest absolute Gasteiger partial charge is 0.309 e. The SMILES string of the molecule is CCCOC(=O)C(C)Cc1c(-c2ccc(F)cc2)c2ccccc2n1C(C)C.